The van der Waals surface area contributed by atoms with Crippen molar-refractivity contribution in [3.63, 3.8) is 0 Å². The number of phenols is 1. The van der Waals surface area contributed by atoms with Crippen LogP contribution in [0.2, 0.25) is 0 Å². The first-order valence-corrected chi connectivity index (χ1v) is 6.09. The smallest absolute Gasteiger partial charge is 0.305 e. The van der Waals surface area contributed by atoms with Crippen LogP contribution in [0, 0.1) is 17.0 Å². The molecule has 0 saturated carbocycles. The van der Waals surface area contributed by atoms with E-state index in [0.717, 1.165) is 12.4 Å². The zero-order valence-electron chi connectivity index (χ0n) is 11.4. The highest BCUT2D eigenvalue weighted by Gasteiger charge is 2.05. The largest absolute Gasteiger partial charge is 0.508 e. The molecule has 0 spiro atoms. The fourth-order valence-electron chi connectivity index (χ4n) is 1.22. The third-order valence-corrected chi connectivity index (χ3v) is 2.28. The predicted octanol–water partition coefficient (Wildman–Crippen LogP) is 1.49. The van der Waals surface area contributed by atoms with Gasteiger partial charge >= 0.3 is 5.69 Å². The molecule has 1 aromatic heterocycles. The van der Waals surface area contributed by atoms with Crippen LogP contribution in [0.5, 0.6) is 5.75 Å². The number of hydrogen-bond donors (Lipinski definition) is 3. The van der Waals surface area contributed by atoms with Crippen LogP contribution < -0.4 is 5.32 Å². The van der Waals surface area contributed by atoms with Crippen molar-refractivity contribution >= 4 is 11.6 Å². The summed E-state index contributed by atoms with van der Waals surface area (Å²) in [4.78, 5) is 16.9. The number of nitrogens with zero attached hydrogens (tertiary/aromatic N) is 3. The summed E-state index contributed by atoms with van der Waals surface area (Å²) in [5, 5.41) is 30.1. The number of hydrogen-bond acceptors (Lipinski definition) is 7. The third-order valence-electron chi connectivity index (χ3n) is 2.28. The maximum absolute atomic E-state index is 10.2. The number of phenolic OH excluding ortho intramolecular Hbond substituents is 1. The number of anilines is 1. The molecule has 1 heterocycles. The number of aliphatic hydroxyl groups excluding tert-OH is 1. The quantitative estimate of drug-likeness (QED) is 0.576. The van der Waals surface area contributed by atoms with E-state index in [2.05, 4.69) is 15.3 Å². The van der Waals surface area contributed by atoms with Crippen LogP contribution >= 0.6 is 0 Å². The molecular weight excluding hydrogens is 276 g/mol. The van der Waals surface area contributed by atoms with E-state index >= 15 is 0 Å². The lowest BCUT2D eigenvalue weighted by Crippen LogP contribution is -2.08. The van der Waals surface area contributed by atoms with E-state index in [-0.39, 0.29) is 18.2 Å². The molecule has 3 N–H and O–H groups in total. The Balaban J connectivity index is 0.000000235. The van der Waals surface area contributed by atoms with Crippen molar-refractivity contribution in [2.24, 2.45) is 0 Å². The molecule has 21 heavy (non-hydrogen) atoms. The highest BCUT2D eigenvalue weighted by atomic mass is 16.6. The molecule has 1 aromatic carbocycles. The first kappa shape index (κ1) is 16.3. The zero-order valence-corrected chi connectivity index (χ0v) is 11.4. The van der Waals surface area contributed by atoms with Gasteiger partial charge in [0.25, 0.3) is 0 Å². The van der Waals surface area contributed by atoms with Crippen molar-refractivity contribution in [3.8, 4) is 5.75 Å². The number of aliphatic hydroxyl groups is 1. The molecule has 8 heteroatoms. The standard InChI is InChI=1S/C7H8O.C6H8N4O3/c1-6-2-4-7(8)5-3-6;11-2-1-7-6-8-3-5(4-9-6)10(12)13/h2-5,8H,1H3;3-4,11H,1-2H2,(H,7,8,9). The lowest BCUT2D eigenvalue weighted by atomic mass is 10.2. The minimum absolute atomic E-state index is 0.0413. The van der Waals surface area contributed by atoms with Crippen molar-refractivity contribution in [1.29, 1.82) is 0 Å². The normalized spacial score (nSPS) is 9.43. The van der Waals surface area contributed by atoms with Crippen molar-refractivity contribution in [1.82, 2.24) is 9.97 Å². The summed E-state index contributed by atoms with van der Waals surface area (Å²) in [6, 6.07) is 7.09. The maximum atomic E-state index is 10.2. The van der Waals surface area contributed by atoms with Crippen LogP contribution in [0.15, 0.2) is 36.7 Å². The number of aromatic hydroxyl groups is 1. The molecule has 0 aliphatic rings. The minimum Gasteiger partial charge on any atom is -0.508 e. The molecule has 112 valence electrons. The summed E-state index contributed by atoms with van der Waals surface area (Å²) in [6.07, 6.45) is 2.21. The second-order valence-corrected chi connectivity index (χ2v) is 4.01. The Morgan fingerprint density at radius 1 is 1.24 bits per heavy atom. The molecule has 0 aliphatic carbocycles. The Kier molecular flexibility index (Phi) is 6.55. The van der Waals surface area contributed by atoms with Crippen molar-refractivity contribution in [3.05, 3.63) is 52.3 Å². The van der Waals surface area contributed by atoms with Crippen LogP contribution in [-0.2, 0) is 0 Å². The predicted molar refractivity (Wildman–Crippen MR) is 77.1 cm³/mol. The Bertz CT molecular complexity index is 536. The SMILES string of the molecule is Cc1ccc(O)cc1.O=[N+]([O-])c1cnc(NCCO)nc1. The van der Waals surface area contributed by atoms with Crippen LogP contribution in [0.25, 0.3) is 0 Å². The topological polar surface area (TPSA) is 121 Å². The van der Waals surface area contributed by atoms with Crippen molar-refractivity contribution in [2.75, 3.05) is 18.5 Å². The van der Waals surface area contributed by atoms with Gasteiger partial charge in [-0.15, -0.1) is 0 Å². The fourth-order valence-corrected chi connectivity index (χ4v) is 1.22. The molecule has 0 atom stereocenters. The van der Waals surface area contributed by atoms with Gasteiger partial charge in [0, 0.05) is 6.54 Å². The van der Waals surface area contributed by atoms with Gasteiger partial charge in [0.1, 0.15) is 18.1 Å². The molecule has 0 amide bonds. The summed E-state index contributed by atoms with van der Waals surface area (Å²) in [5.41, 5.74) is 1.01. The molecule has 2 aromatic rings. The summed E-state index contributed by atoms with van der Waals surface area (Å²) >= 11 is 0. The number of aryl methyl sites for hydroxylation is 1. The summed E-state index contributed by atoms with van der Waals surface area (Å²) < 4.78 is 0. The lowest BCUT2D eigenvalue weighted by Gasteiger charge is -1.99. The van der Waals surface area contributed by atoms with E-state index in [0.29, 0.717) is 12.3 Å². The van der Waals surface area contributed by atoms with Gasteiger partial charge < -0.3 is 15.5 Å². The lowest BCUT2D eigenvalue weighted by molar-refractivity contribution is -0.385. The number of nitrogens with one attached hydrogen (secondary N) is 1. The number of rotatable bonds is 4. The van der Waals surface area contributed by atoms with Crippen LogP contribution in [0.3, 0.4) is 0 Å². The van der Waals surface area contributed by atoms with E-state index < -0.39 is 4.92 Å². The van der Waals surface area contributed by atoms with Crippen LogP contribution in [0.1, 0.15) is 5.56 Å². The van der Waals surface area contributed by atoms with Crippen LogP contribution in [-0.4, -0.2) is 38.3 Å². The number of aromatic nitrogens is 2. The van der Waals surface area contributed by atoms with Gasteiger partial charge in [0.15, 0.2) is 0 Å². The first-order valence-electron chi connectivity index (χ1n) is 6.09. The average Bonchev–Trinajstić information content (AvgIpc) is 2.49. The Morgan fingerprint density at radius 3 is 2.24 bits per heavy atom. The van der Waals surface area contributed by atoms with Crippen LogP contribution in [0.4, 0.5) is 11.6 Å². The number of nitro groups is 1. The maximum Gasteiger partial charge on any atom is 0.305 e. The highest BCUT2D eigenvalue weighted by molar-refractivity contribution is 5.30. The minimum atomic E-state index is -0.574. The molecule has 2 rings (SSSR count). The Morgan fingerprint density at radius 2 is 1.81 bits per heavy atom. The van der Waals surface area contributed by atoms with E-state index in [1.54, 1.807) is 12.1 Å². The Labute approximate surface area is 121 Å². The monoisotopic (exact) mass is 292 g/mol. The summed E-state index contributed by atoms with van der Waals surface area (Å²) in [5.74, 6) is 0.593. The summed E-state index contributed by atoms with van der Waals surface area (Å²) in [6.45, 7) is 2.26. The van der Waals surface area contributed by atoms with E-state index in [1.807, 2.05) is 19.1 Å². The van der Waals surface area contributed by atoms with Gasteiger partial charge in [-0.2, -0.15) is 0 Å². The first-order chi connectivity index (χ1) is 10.0. The Hall–Kier alpha value is -2.74. The van der Waals surface area contributed by atoms with Gasteiger partial charge in [-0.1, -0.05) is 17.7 Å². The van der Waals surface area contributed by atoms with Gasteiger partial charge in [0.05, 0.1) is 11.5 Å². The van der Waals surface area contributed by atoms with Gasteiger partial charge in [0.2, 0.25) is 5.95 Å². The number of benzene rings is 1. The third kappa shape index (κ3) is 6.30. The molecule has 0 saturated heterocycles. The summed E-state index contributed by atoms with van der Waals surface area (Å²) in [7, 11) is 0. The molecular formula is C13H16N4O4. The molecule has 0 fully saturated rings. The second kappa shape index (κ2) is 8.43. The van der Waals surface area contributed by atoms with Gasteiger partial charge in [-0.25, -0.2) is 9.97 Å². The second-order valence-electron chi connectivity index (χ2n) is 4.01. The van der Waals surface area contributed by atoms with Crippen molar-refractivity contribution < 1.29 is 15.1 Å². The van der Waals surface area contributed by atoms with Gasteiger partial charge in [-0.3, -0.25) is 10.1 Å². The highest BCUT2D eigenvalue weighted by Crippen LogP contribution is 2.08. The average molecular weight is 292 g/mol. The van der Waals surface area contributed by atoms with Gasteiger partial charge in [-0.05, 0) is 19.1 Å². The molecule has 0 unspecified atom stereocenters. The molecule has 8 nitrogen and oxygen atoms in total. The molecule has 0 aliphatic heterocycles. The molecule has 0 radical (unpaired) electrons. The fraction of sp³-hybridized carbons (Fsp3) is 0.231. The zero-order chi connectivity index (χ0) is 15.7. The van der Waals surface area contributed by atoms with Crippen molar-refractivity contribution in [2.45, 2.75) is 6.92 Å². The van der Waals surface area contributed by atoms with E-state index in [4.69, 9.17) is 10.2 Å². The van der Waals surface area contributed by atoms with E-state index in [9.17, 15) is 10.1 Å². The molecule has 0 bridgehead atoms. The van der Waals surface area contributed by atoms with E-state index in [1.165, 1.54) is 5.56 Å².